The molecule has 1 aromatic heterocycles. The molecule has 1 aliphatic rings. The van der Waals surface area contributed by atoms with Gasteiger partial charge >= 0.3 is 5.97 Å². The van der Waals surface area contributed by atoms with Crippen LogP contribution in [0.3, 0.4) is 0 Å². The van der Waals surface area contributed by atoms with Crippen molar-refractivity contribution in [3.63, 3.8) is 0 Å². The van der Waals surface area contributed by atoms with Gasteiger partial charge in [-0.1, -0.05) is 0 Å². The minimum atomic E-state index is -0.653. The molecule has 1 fully saturated rings. The predicted octanol–water partition coefficient (Wildman–Crippen LogP) is 1.96. The molecule has 0 unspecified atom stereocenters. The average Bonchev–Trinajstić information content (AvgIpc) is 2.76. The second kappa shape index (κ2) is 4.33. The van der Waals surface area contributed by atoms with Gasteiger partial charge in [0.2, 0.25) is 0 Å². The SMILES string of the molecule is Cc1ccc(CN2CC[C@@H](C(=O)O)C2)s1. The highest BCUT2D eigenvalue weighted by molar-refractivity contribution is 7.11. The Labute approximate surface area is 93.3 Å². The fourth-order valence-electron chi connectivity index (χ4n) is 1.97. The number of likely N-dealkylation sites (tertiary alicyclic amines) is 1. The van der Waals surface area contributed by atoms with Gasteiger partial charge in [-0.2, -0.15) is 0 Å². The molecular weight excluding hydrogens is 210 g/mol. The lowest BCUT2D eigenvalue weighted by Gasteiger charge is -2.13. The fourth-order valence-corrected chi connectivity index (χ4v) is 2.90. The van der Waals surface area contributed by atoms with Gasteiger partial charge < -0.3 is 5.11 Å². The van der Waals surface area contributed by atoms with Crippen molar-refractivity contribution in [3.8, 4) is 0 Å². The number of carbonyl (C=O) groups is 1. The standard InChI is InChI=1S/C11H15NO2S/c1-8-2-3-10(15-8)7-12-5-4-9(6-12)11(13)14/h2-3,9H,4-7H2,1H3,(H,13,14)/t9-/m1/s1. The lowest BCUT2D eigenvalue weighted by atomic mass is 10.1. The summed E-state index contributed by atoms with van der Waals surface area (Å²) in [5.41, 5.74) is 0. The van der Waals surface area contributed by atoms with Crippen LogP contribution in [-0.4, -0.2) is 29.1 Å². The second-order valence-electron chi connectivity index (χ2n) is 4.07. The van der Waals surface area contributed by atoms with Crippen LogP contribution in [0.5, 0.6) is 0 Å². The molecule has 1 atom stereocenters. The smallest absolute Gasteiger partial charge is 0.307 e. The molecule has 0 spiro atoms. The number of rotatable bonds is 3. The molecule has 1 saturated heterocycles. The normalized spacial score (nSPS) is 22.1. The summed E-state index contributed by atoms with van der Waals surface area (Å²) in [5, 5.41) is 8.88. The highest BCUT2D eigenvalue weighted by Crippen LogP contribution is 2.22. The third-order valence-corrected chi connectivity index (χ3v) is 3.78. The van der Waals surface area contributed by atoms with Crippen LogP contribution >= 0.6 is 11.3 Å². The van der Waals surface area contributed by atoms with Crippen molar-refractivity contribution < 1.29 is 9.90 Å². The van der Waals surface area contributed by atoms with Gasteiger partial charge in [0, 0.05) is 22.8 Å². The van der Waals surface area contributed by atoms with Crippen LogP contribution in [0.4, 0.5) is 0 Å². The lowest BCUT2D eigenvalue weighted by molar-refractivity contribution is -0.141. The molecule has 0 saturated carbocycles. The third-order valence-electron chi connectivity index (χ3n) is 2.80. The predicted molar refractivity (Wildman–Crippen MR) is 60.1 cm³/mol. The molecule has 0 aliphatic carbocycles. The number of aryl methyl sites for hydroxylation is 1. The number of carboxylic acids is 1. The van der Waals surface area contributed by atoms with Gasteiger partial charge in [-0.15, -0.1) is 11.3 Å². The summed E-state index contributed by atoms with van der Waals surface area (Å²) < 4.78 is 0. The number of hydrogen-bond donors (Lipinski definition) is 1. The van der Waals surface area contributed by atoms with E-state index in [0.717, 1.165) is 19.5 Å². The molecule has 2 heterocycles. The summed E-state index contributed by atoms with van der Waals surface area (Å²) in [6, 6.07) is 4.25. The Bertz CT molecular complexity index is 361. The van der Waals surface area contributed by atoms with Gasteiger partial charge in [0.05, 0.1) is 5.92 Å². The minimum absolute atomic E-state index is 0.161. The van der Waals surface area contributed by atoms with Crippen molar-refractivity contribution in [3.05, 3.63) is 21.9 Å². The summed E-state index contributed by atoms with van der Waals surface area (Å²) in [6.45, 7) is 4.61. The Hall–Kier alpha value is -0.870. The maximum Gasteiger partial charge on any atom is 0.307 e. The molecule has 1 aliphatic heterocycles. The van der Waals surface area contributed by atoms with Crippen LogP contribution in [-0.2, 0) is 11.3 Å². The molecule has 1 N–H and O–H groups in total. The molecule has 1 aromatic rings. The van der Waals surface area contributed by atoms with E-state index in [4.69, 9.17) is 5.11 Å². The first-order chi connectivity index (χ1) is 7.15. The average molecular weight is 225 g/mol. The molecule has 0 radical (unpaired) electrons. The third kappa shape index (κ3) is 2.58. The molecule has 15 heavy (non-hydrogen) atoms. The van der Waals surface area contributed by atoms with Crippen molar-refractivity contribution in [2.45, 2.75) is 19.9 Å². The number of thiophene rings is 1. The first-order valence-electron chi connectivity index (χ1n) is 5.15. The zero-order chi connectivity index (χ0) is 10.8. The van der Waals surface area contributed by atoms with Gasteiger partial charge in [-0.3, -0.25) is 9.69 Å². The van der Waals surface area contributed by atoms with E-state index in [2.05, 4.69) is 24.0 Å². The number of aliphatic carboxylic acids is 1. The van der Waals surface area contributed by atoms with Crippen LogP contribution in [0, 0.1) is 12.8 Å². The Morgan fingerprint density at radius 1 is 1.67 bits per heavy atom. The molecule has 2 rings (SSSR count). The summed E-state index contributed by atoms with van der Waals surface area (Å²) >= 11 is 1.80. The zero-order valence-electron chi connectivity index (χ0n) is 8.77. The monoisotopic (exact) mass is 225 g/mol. The van der Waals surface area contributed by atoms with Crippen LogP contribution in [0.2, 0.25) is 0 Å². The highest BCUT2D eigenvalue weighted by atomic mass is 32.1. The molecule has 0 bridgehead atoms. The number of carboxylic acid groups (broad SMARTS) is 1. The van der Waals surface area contributed by atoms with Gasteiger partial charge in [0.1, 0.15) is 0 Å². The van der Waals surface area contributed by atoms with Crippen LogP contribution in [0.15, 0.2) is 12.1 Å². The van der Waals surface area contributed by atoms with Crippen LogP contribution < -0.4 is 0 Å². The van der Waals surface area contributed by atoms with Crippen molar-refractivity contribution in [1.29, 1.82) is 0 Å². The van der Waals surface area contributed by atoms with Crippen LogP contribution in [0.25, 0.3) is 0 Å². The van der Waals surface area contributed by atoms with E-state index in [1.54, 1.807) is 11.3 Å². The zero-order valence-corrected chi connectivity index (χ0v) is 9.59. The largest absolute Gasteiger partial charge is 0.481 e. The minimum Gasteiger partial charge on any atom is -0.481 e. The Kier molecular flexibility index (Phi) is 3.07. The summed E-state index contributed by atoms with van der Waals surface area (Å²) in [4.78, 5) is 15.7. The maximum atomic E-state index is 10.8. The summed E-state index contributed by atoms with van der Waals surface area (Å²) in [6.07, 6.45) is 0.791. The fraction of sp³-hybridized carbons (Fsp3) is 0.545. The number of nitrogens with zero attached hydrogens (tertiary/aromatic N) is 1. The van der Waals surface area contributed by atoms with E-state index in [1.807, 2.05) is 0 Å². The van der Waals surface area contributed by atoms with E-state index in [0.29, 0.717) is 6.54 Å². The van der Waals surface area contributed by atoms with E-state index in [9.17, 15) is 4.79 Å². The van der Waals surface area contributed by atoms with E-state index in [1.165, 1.54) is 9.75 Å². The van der Waals surface area contributed by atoms with Gasteiger partial charge in [0.25, 0.3) is 0 Å². The first-order valence-corrected chi connectivity index (χ1v) is 5.97. The Morgan fingerprint density at radius 3 is 3.00 bits per heavy atom. The molecule has 0 aromatic carbocycles. The molecule has 82 valence electrons. The van der Waals surface area contributed by atoms with Crippen molar-refractivity contribution in [2.75, 3.05) is 13.1 Å². The Balaban J connectivity index is 1.90. The van der Waals surface area contributed by atoms with Crippen molar-refractivity contribution in [1.82, 2.24) is 4.90 Å². The van der Waals surface area contributed by atoms with Gasteiger partial charge in [-0.05, 0) is 32.0 Å². The molecule has 3 nitrogen and oxygen atoms in total. The second-order valence-corrected chi connectivity index (χ2v) is 5.44. The summed E-state index contributed by atoms with van der Waals surface area (Å²) in [5.74, 6) is -0.814. The topological polar surface area (TPSA) is 40.5 Å². The lowest BCUT2D eigenvalue weighted by Crippen LogP contribution is -2.22. The molecule has 0 amide bonds. The van der Waals surface area contributed by atoms with Gasteiger partial charge in [-0.25, -0.2) is 0 Å². The first kappa shape index (κ1) is 10.6. The Morgan fingerprint density at radius 2 is 2.47 bits per heavy atom. The van der Waals surface area contributed by atoms with E-state index < -0.39 is 5.97 Å². The van der Waals surface area contributed by atoms with Crippen LogP contribution in [0.1, 0.15) is 16.2 Å². The quantitative estimate of drug-likeness (QED) is 0.855. The molecule has 4 heteroatoms. The van der Waals surface area contributed by atoms with E-state index in [-0.39, 0.29) is 5.92 Å². The van der Waals surface area contributed by atoms with Crippen molar-refractivity contribution >= 4 is 17.3 Å². The summed E-state index contributed by atoms with van der Waals surface area (Å²) in [7, 11) is 0. The number of hydrogen-bond acceptors (Lipinski definition) is 3. The maximum absolute atomic E-state index is 10.8. The van der Waals surface area contributed by atoms with E-state index >= 15 is 0 Å². The highest BCUT2D eigenvalue weighted by Gasteiger charge is 2.27. The van der Waals surface area contributed by atoms with Crippen molar-refractivity contribution in [2.24, 2.45) is 5.92 Å². The van der Waals surface area contributed by atoms with Gasteiger partial charge in [0.15, 0.2) is 0 Å². The molecular formula is C11H15NO2S.